The maximum atomic E-state index is 11.5. The fourth-order valence-electron chi connectivity index (χ4n) is 2.36. The number of carbonyl (C=O) groups excluding carboxylic acids is 1. The van der Waals surface area contributed by atoms with Crippen LogP contribution in [0, 0.1) is 0 Å². The minimum absolute atomic E-state index is 0.351. The highest BCUT2D eigenvalue weighted by Gasteiger charge is 2.20. The van der Waals surface area contributed by atoms with E-state index in [1.54, 1.807) is 6.07 Å². The lowest BCUT2D eigenvalue weighted by Crippen LogP contribution is -2.13. The molecule has 0 heterocycles. The van der Waals surface area contributed by atoms with Gasteiger partial charge in [0.1, 0.15) is 0 Å². The first kappa shape index (κ1) is 15.3. The van der Waals surface area contributed by atoms with Crippen molar-refractivity contribution < 1.29 is 14.6 Å². The minimum Gasteiger partial charge on any atom is -0.467 e. The third-order valence-electron chi connectivity index (χ3n) is 3.52. The fourth-order valence-corrected chi connectivity index (χ4v) is 2.36. The van der Waals surface area contributed by atoms with Gasteiger partial charge in [-0.1, -0.05) is 56.3 Å². The summed E-state index contributed by atoms with van der Waals surface area (Å²) in [7, 11) is 1.27. The van der Waals surface area contributed by atoms with Crippen molar-refractivity contribution in [3.8, 4) is 11.1 Å². The third kappa shape index (κ3) is 3.31. The van der Waals surface area contributed by atoms with Gasteiger partial charge in [0.15, 0.2) is 6.10 Å². The number of benzene rings is 2. The smallest absolute Gasteiger partial charge is 0.339 e. The van der Waals surface area contributed by atoms with Crippen LogP contribution in [0.4, 0.5) is 0 Å². The van der Waals surface area contributed by atoms with E-state index in [-0.39, 0.29) is 0 Å². The van der Waals surface area contributed by atoms with Crippen molar-refractivity contribution >= 4 is 5.97 Å². The summed E-state index contributed by atoms with van der Waals surface area (Å²) in [5.41, 5.74) is 3.83. The van der Waals surface area contributed by atoms with Crippen LogP contribution in [-0.2, 0) is 9.53 Å². The molecule has 1 N–H and O–H groups in total. The van der Waals surface area contributed by atoms with Crippen LogP contribution in [0.3, 0.4) is 0 Å². The monoisotopic (exact) mass is 284 g/mol. The number of hydrogen-bond acceptors (Lipinski definition) is 3. The fraction of sp³-hybridized carbons (Fsp3) is 0.278. The SMILES string of the molecule is COC(=O)C(O)c1ccc(C(C)C)c(-c2ccccc2)c1. The second-order valence-corrected chi connectivity index (χ2v) is 5.29. The number of esters is 1. The highest BCUT2D eigenvalue weighted by molar-refractivity contribution is 5.78. The van der Waals surface area contributed by atoms with Gasteiger partial charge in [0.25, 0.3) is 0 Å². The molecule has 3 nitrogen and oxygen atoms in total. The molecule has 2 aromatic carbocycles. The van der Waals surface area contributed by atoms with E-state index < -0.39 is 12.1 Å². The van der Waals surface area contributed by atoms with E-state index in [2.05, 4.69) is 18.6 Å². The molecule has 0 spiro atoms. The zero-order valence-corrected chi connectivity index (χ0v) is 12.5. The van der Waals surface area contributed by atoms with Crippen LogP contribution in [-0.4, -0.2) is 18.2 Å². The first-order valence-corrected chi connectivity index (χ1v) is 6.99. The molecule has 3 heteroatoms. The molecule has 0 aliphatic rings. The van der Waals surface area contributed by atoms with Crippen molar-refractivity contribution in [1.29, 1.82) is 0 Å². The quantitative estimate of drug-likeness (QED) is 0.871. The Bertz CT molecular complexity index is 618. The Balaban J connectivity index is 2.52. The number of hydrogen-bond donors (Lipinski definition) is 1. The summed E-state index contributed by atoms with van der Waals surface area (Å²) in [6.45, 7) is 4.25. The number of ether oxygens (including phenoxy) is 1. The second-order valence-electron chi connectivity index (χ2n) is 5.29. The predicted molar refractivity (Wildman–Crippen MR) is 82.9 cm³/mol. The molecule has 1 unspecified atom stereocenters. The van der Waals surface area contributed by atoms with Crippen molar-refractivity contribution in [3.05, 3.63) is 59.7 Å². The van der Waals surface area contributed by atoms with Crippen LogP contribution in [0.2, 0.25) is 0 Å². The van der Waals surface area contributed by atoms with E-state index in [0.29, 0.717) is 11.5 Å². The van der Waals surface area contributed by atoms with Crippen LogP contribution in [0.5, 0.6) is 0 Å². The molecule has 0 bridgehead atoms. The van der Waals surface area contributed by atoms with Crippen molar-refractivity contribution in [1.82, 2.24) is 0 Å². The van der Waals surface area contributed by atoms with Gasteiger partial charge in [-0.25, -0.2) is 4.79 Å². The Morgan fingerprint density at radius 3 is 2.33 bits per heavy atom. The van der Waals surface area contributed by atoms with Gasteiger partial charge in [0.2, 0.25) is 0 Å². The average molecular weight is 284 g/mol. The van der Waals surface area contributed by atoms with Crippen LogP contribution in [0.1, 0.15) is 37.0 Å². The Morgan fingerprint density at radius 2 is 1.76 bits per heavy atom. The Morgan fingerprint density at radius 1 is 1.10 bits per heavy atom. The lowest BCUT2D eigenvalue weighted by atomic mass is 9.90. The lowest BCUT2D eigenvalue weighted by molar-refractivity contribution is -0.150. The molecular formula is C18H20O3. The average Bonchev–Trinajstić information content (AvgIpc) is 2.53. The molecule has 0 aliphatic carbocycles. The summed E-state index contributed by atoms with van der Waals surface area (Å²) in [5.74, 6) is -0.296. The van der Waals surface area contributed by atoms with Gasteiger partial charge in [-0.15, -0.1) is 0 Å². The molecule has 110 valence electrons. The minimum atomic E-state index is -1.25. The van der Waals surface area contributed by atoms with Crippen LogP contribution in [0.25, 0.3) is 11.1 Å². The maximum absolute atomic E-state index is 11.5. The number of aliphatic hydroxyl groups excluding tert-OH is 1. The van der Waals surface area contributed by atoms with E-state index in [0.717, 1.165) is 11.1 Å². The number of methoxy groups -OCH3 is 1. The largest absolute Gasteiger partial charge is 0.467 e. The molecule has 0 aliphatic heterocycles. The Labute approximate surface area is 125 Å². The van der Waals surface area contributed by atoms with E-state index in [9.17, 15) is 9.90 Å². The van der Waals surface area contributed by atoms with Crippen molar-refractivity contribution in [2.24, 2.45) is 0 Å². The van der Waals surface area contributed by atoms with Crippen LogP contribution in [0.15, 0.2) is 48.5 Å². The van der Waals surface area contributed by atoms with Gasteiger partial charge in [0, 0.05) is 0 Å². The van der Waals surface area contributed by atoms with E-state index in [1.165, 1.54) is 12.7 Å². The summed E-state index contributed by atoms with van der Waals surface area (Å²) in [4.78, 5) is 11.5. The van der Waals surface area contributed by atoms with E-state index in [4.69, 9.17) is 0 Å². The summed E-state index contributed by atoms with van der Waals surface area (Å²) < 4.78 is 4.60. The van der Waals surface area contributed by atoms with Gasteiger partial charge in [-0.2, -0.15) is 0 Å². The molecule has 2 aromatic rings. The third-order valence-corrected chi connectivity index (χ3v) is 3.52. The Kier molecular flexibility index (Phi) is 4.76. The molecular weight excluding hydrogens is 264 g/mol. The standard InChI is InChI=1S/C18H20O3/c1-12(2)15-10-9-14(17(19)18(20)21-3)11-16(15)13-7-5-4-6-8-13/h4-12,17,19H,1-3H3. The lowest BCUT2D eigenvalue weighted by Gasteiger charge is -2.16. The molecule has 2 rings (SSSR count). The molecule has 0 radical (unpaired) electrons. The number of carbonyl (C=O) groups is 1. The summed E-state index contributed by atoms with van der Waals surface area (Å²) in [6.07, 6.45) is -1.25. The molecule has 21 heavy (non-hydrogen) atoms. The topological polar surface area (TPSA) is 46.5 Å². The second kappa shape index (κ2) is 6.55. The number of aliphatic hydroxyl groups is 1. The van der Waals surface area contributed by atoms with Gasteiger partial charge in [-0.05, 0) is 34.2 Å². The van der Waals surface area contributed by atoms with Crippen LogP contribution < -0.4 is 0 Å². The highest BCUT2D eigenvalue weighted by atomic mass is 16.5. The molecule has 0 aromatic heterocycles. The van der Waals surface area contributed by atoms with E-state index in [1.807, 2.05) is 42.5 Å². The normalized spacial score (nSPS) is 12.2. The summed E-state index contributed by atoms with van der Waals surface area (Å²) >= 11 is 0. The van der Waals surface area contributed by atoms with Crippen LogP contribution >= 0.6 is 0 Å². The summed E-state index contributed by atoms with van der Waals surface area (Å²) in [6, 6.07) is 15.6. The molecule has 0 saturated heterocycles. The molecule has 1 atom stereocenters. The molecule has 0 fully saturated rings. The van der Waals surface area contributed by atoms with Gasteiger partial charge < -0.3 is 9.84 Å². The van der Waals surface area contributed by atoms with Crippen molar-refractivity contribution in [2.75, 3.05) is 7.11 Å². The predicted octanol–water partition coefficient (Wildman–Crippen LogP) is 3.68. The van der Waals surface area contributed by atoms with Gasteiger partial charge in [0.05, 0.1) is 7.11 Å². The Hall–Kier alpha value is -2.13. The highest BCUT2D eigenvalue weighted by Crippen LogP contribution is 2.32. The summed E-state index contributed by atoms with van der Waals surface area (Å²) in [5, 5.41) is 10.0. The van der Waals surface area contributed by atoms with Crippen molar-refractivity contribution in [2.45, 2.75) is 25.9 Å². The first-order chi connectivity index (χ1) is 10.0. The zero-order chi connectivity index (χ0) is 15.4. The zero-order valence-electron chi connectivity index (χ0n) is 12.5. The van der Waals surface area contributed by atoms with E-state index >= 15 is 0 Å². The maximum Gasteiger partial charge on any atom is 0.339 e. The first-order valence-electron chi connectivity index (χ1n) is 6.99. The van der Waals surface area contributed by atoms with Crippen molar-refractivity contribution in [3.63, 3.8) is 0 Å². The number of rotatable bonds is 4. The van der Waals surface area contributed by atoms with Gasteiger partial charge >= 0.3 is 5.97 Å². The van der Waals surface area contributed by atoms with Gasteiger partial charge in [-0.3, -0.25) is 0 Å². The molecule has 0 amide bonds. The molecule has 0 saturated carbocycles.